The molecule has 0 aliphatic rings. The summed E-state index contributed by atoms with van der Waals surface area (Å²) < 4.78 is 20.1. The highest BCUT2D eigenvalue weighted by Crippen LogP contribution is 2.29. The predicted octanol–water partition coefficient (Wildman–Crippen LogP) is 3.73. The van der Waals surface area contributed by atoms with Crippen LogP contribution in [0.1, 0.15) is 5.56 Å². The summed E-state index contributed by atoms with van der Waals surface area (Å²) in [5.74, 6) is 0.825. The molecule has 136 valence electrons. The van der Waals surface area contributed by atoms with Gasteiger partial charge < -0.3 is 14.1 Å². The second kappa shape index (κ2) is 6.88. The Morgan fingerprint density at radius 2 is 1.93 bits per heavy atom. The molecule has 0 saturated heterocycles. The van der Waals surface area contributed by atoms with Crippen molar-refractivity contribution >= 4 is 22.7 Å². The molecule has 2 aromatic heterocycles. The normalized spacial score (nSPS) is 11.2. The number of phenolic OH excluding ortho intramolecular Hbond substituents is 1. The van der Waals surface area contributed by atoms with Crippen LogP contribution in [0.2, 0.25) is 0 Å². The Labute approximate surface area is 157 Å². The fourth-order valence-corrected chi connectivity index (χ4v) is 3.67. The van der Waals surface area contributed by atoms with Gasteiger partial charge in [-0.3, -0.25) is 0 Å². The van der Waals surface area contributed by atoms with Crippen LogP contribution in [-0.2, 0) is 12.8 Å². The number of hydrogen-bond acceptors (Lipinski definition) is 6. The fraction of sp³-hybridized carbons (Fsp3) is 0.105. The lowest BCUT2D eigenvalue weighted by Gasteiger charge is -2.06. The Bertz CT molecular complexity index is 1190. The summed E-state index contributed by atoms with van der Waals surface area (Å²) in [4.78, 5) is 11.8. The first kappa shape index (κ1) is 17.3. The zero-order valence-corrected chi connectivity index (χ0v) is 15.0. The fourth-order valence-electron chi connectivity index (χ4n) is 2.77. The Morgan fingerprint density at radius 3 is 2.70 bits per heavy atom. The predicted molar refractivity (Wildman–Crippen MR) is 100 cm³/mol. The van der Waals surface area contributed by atoms with Gasteiger partial charge in [0.2, 0.25) is 0 Å². The second-order valence-electron chi connectivity index (χ2n) is 5.93. The highest BCUT2D eigenvalue weighted by molar-refractivity contribution is 7.98. The van der Waals surface area contributed by atoms with E-state index in [1.165, 1.54) is 36.0 Å². The van der Waals surface area contributed by atoms with Gasteiger partial charge in [-0.15, -0.1) is 10.2 Å². The Kier molecular flexibility index (Phi) is 4.41. The third-order valence-corrected chi connectivity index (χ3v) is 5.18. The number of benzene rings is 2. The smallest absolute Gasteiger partial charge is 0.336 e. The molecule has 0 bridgehead atoms. The van der Waals surface area contributed by atoms with Gasteiger partial charge in [0.15, 0.2) is 11.0 Å². The lowest BCUT2D eigenvalue weighted by atomic mass is 10.1. The minimum atomic E-state index is -0.478. The van der Waals surface area contributed by atoms with Crippen LogP contribution in [0.15, 0.2) is 62.9 Å². The largest absolute Gasteiger partial charge is 0.508 e. The highest BCUT2D eigenvalue weighted by Gasteiger charge is 2.13. The molecule has 8 heteroatoms. The third-order valence-electron chi connectivity index (χ3n) is 4.11. The molecule has 2 aromatic carbocycles. The van der Waals surface area contributed by atoms with E-state index in [-0.39, 0.29) is 11.6 Å². The molecule has 0 unspecified atom stereocenters. The van der Waals surface area contributed by atoms with Crippen molar-refractivity contribution in [2.75, 3.05) is 0 Å². The molecule has 4 aromatic rings. The lowest BCUT2D eigenvalue weighted by Crippen LogP contribution is -2.00. The molecular formula is C19H14FN3O3S. The first-order valence-electron chi connectivity index (χ1n) is 8.05. The number of aromatic hydroxyl groups is 1. The number of hydrogen-bond donors (Lipinski definition) is 1. The van der Waals surface area contributed by atoms with Gasteiger partial charge in [0, 0.05) is 35.9 Å². The van der Waals surface area contributed by atoms with Crippen LogP contribution in [-0.4, -0.2) is 19.9 Å². The van der Waals surface area contributed by atoms with Gasteiger partial charge in [-0.2, -0.15) is 0 Å². The van der Waals surface area contributed by atoms with Gasteiger partial charge in [-0.1, -0.05) is 11.8 Å². The number of phenols is 1. The maximum absolute atomic E-state index is 13.1. The maximum Gasteiger partial charge on any atom is 0.336 e. The Balaban J connectivity index is 1.62. The van der Waals surface area contributed by atoms with Gasteiger partial charge in [-0.05, 0) is 42.0 Å². The van der Waals surface area contributed by atoms with Crippen molar-refractivity contribution in [3.05, 3.63) is 70.3 Å². The molecular weight excluding hydrogens is 369 g/mol. The van der Waals surface area contributed by atoms with Crippen molar-refractivity contribution in [3.8, 4) is 17.1 Å². The number of thioether (sulfide) groups is 1. The van der Waals surface area contributed by atoms with Gasteiger partial charge in [0.1, 0.15) is 17.1 Å². The molecule has 27 heavy (non-hydrogen) atoms. The van der Waals surface area contributed by atoms with Crippen LogP contribution in [0.4, 0.5) is 4.39 Å². The van der Waals surface area contributed by atoms with Crippen molar-refractivity contribution in [1.29, 1.82) is 0 Å². The second-order valence-corrected chi connectivity index (χ2v) is 6.87. The van der Waals surface area contributed by atoms with E-state index in [1.54, 1.807) is 24.3 Å². The number of rotatable bonds is 4. The van der Waals surface area contributed by atoms with Crippen molar-refractivity contribution in [1.82, 2.24) is 14.8 Å². The number of nitrogens with zero attached hydrogens (tertiary/aromatic N) is 3. The van der Waals surface area contributed by atoms with E-state index in [2.05, 4.69) is 10.2 Å². The summed E-state index contributed by atoms with van der Waals surface area (Å²) in [6.45, 7) is 0. The van der Waals surface area contributed by atoms with Crippen LogP contribution >= 0.6 is 11.8 Å². The Morgan fingerprint density at radius 1 is 1.15 bits per heavy atom. The molecule has 0 radical (unpaired) electrons. The van der Waals surface area contributed by atoms with Gasteiger partial charge in [0.25, 0.3) is 0 Å². The number of aromatic nitrogens is 3. The van der Waals surface area contributed by atoms with E-state index >= 15 is 0 Å². The minimum Gasteiger partial charge on any atom is -0.508 e. The SMILES string of the molecule is Cn1c(SCc2cc(=O)oc3cc(O)ccc23)nnc1-c1ccc(F)cc1. The average Bonchev–Trinajstić information content (AvgIpc) is 3.00. The van der Waals surface area contributed by atoms with Crippen LogP contribution in [0.3, 0.4) is 0 Å². The first-order chi connectivity index (χ1) is 13.0. The Hall–Kier alpha value is -3.13. The molecule has 0 atom stereocenters. The molecule has 2 heterocycles. The van der Waals surface area contributed by atoms with Crippen LogP contribution < -0.4 is 5.63 Å². The van der Waals surface area contributed by atoms with Crippen LogP contribution in [0.25, 0.3) is 22.4 Å². The molecule has 6 nitrogen and oxygen atoms in total. The molecule has 0 fully saturated rings. The average molecular weight is 383 g/mol. The highest BCUT2D eigenvalue weighted by atomic mass is 32.2. The van der Waals surface area contributed by atoms with Gasteiger partial charge >= 0.3 is 5.63 Å². The van der Waals surface area contributed by atoms with Gasteiger partial charge in [-0.25, -0.2) is 9.18 Å². The third kappa shape index (κ3) is 3.43. The van der Waals surface area contributed by atoms with E-state index < -0.39 is 5.63 Å². The molecule has 0 aliphatic carbocycles. The summed E-state index contributed by atoms with van der Waals surface area (Å²) in [5, 5.41) is 19.3. The monoisotopic (exact) mass is 383 g/mol. The zero-order chi connectivity index (χ0) is 19.0. The molecule has 0 amide bonds. The summed E-state index contributed by atoms with van der Waals surface area (Å²) in [5.41, 5.74) is 1.40. The van der Waals surface area contributed by atoms with Crippen LogP contribution in [0.5, 0.6) is 5.75 Å². The quantitative estimate of drug-likeness (QED) is 0.427. The molecule has 0 spiro atoms. The van der Waals surface area contributed by atoms with E-state index in [4.69, 9.17) is 4.42 Å². The van der Waals surface area contributed by atoms with Gasteiger partial charge in [0.05, 0.1) is 0 Å². The topological polar surface area (TPSA) is 81.2 Å². The van der Waals surface area contributed by atoms with E-state index in [0.29, 0.717) is 22.3 Å². The lowest BCUT2D eigenvalue weighted by molar-refractivity contribution is 0.473. The summed E-state index contributed by atoms with van der Waals surface area (Å²) in [6.07, 6.45) is 0. The first-order valence-corrected chi connectivity index (χ1v) is 9.04. The summed E-state index contributed by atoms with van der Waals surface area (Å²) in [7, 11) is 1.83. The zero-order valence-electron chi connectivity index (χ0n) is 14.2. The molecule has 1 N–H and O–H groups in total. The minimum absolute atomic E-state index is 0.0349. The standard InChI is InChI=1S/C19H14FN3O3S/c1-23-18(11-2-4-13(20)5-3-11)21-22-19(23)27-10-12-8-17(25)26-16-9-14(24)6-7-15(12)16/h2-9,24H,10H2,1H3. The van der Waals surface area contributed by atoms with E-state index in [0.717, 1.165) is 16.5 Å². The van der Waals surface area contributed by atoms with Crippen molar-refractivity contribution < 1.29 is 13.9 Å². The van der Waals surface area contributed by atoms with E-state index in [1.807, 2.05) is 11.6 Å². The molecule has 0 saturated carbocycles. The van der Waals surface area contributed by atoms with E-state index in [9.17, 15) is 14.3 Å². The van der Waals surface area contributed by atoms with Crippen LogP contribution in [0, 0.1) is 5.82 Å². The van der Waals surface area contributed by atoms with Crippen molar-refractivity contribution in [2.24, 2.45) is 7.05 Å². The van der Waals surface area contributed by atoms with Crippen molar-refractivity contribution in [3.63, 3.8) is 0 Å². The maximum atomic E-state index is 13.1. The molecule has 4 rings (SSSR count). The number of halogens is 1. The summed E-state index contributed by atoms with van der Waals surface area (Å²) in [6, 6.07) is 12.2. The van der Waals surface area contributed by atoms with Crippen molar-refractivity contribution in [2.45, 2.75) is 10.9 Å². The summed E-state index contributed by atoms with van der Waals surface area (Å²) >= 11 is 1.42. The molecule has 0 aliphatic heterocycles. The number of fused-ring (bicyclic) bond motifs is 1.